The Morgan fingerprint density at radius 1 is 1.31 bits per heavy atom. The van der Waals surface area contributed by atoms with E-state index >= 15 is 0 Å². The Balaban J connectivity index is 1.47. The Morgan fingerprint density at radius 2 is 2.10 bits per heavy atom. The van der Waals surface area contributed by atoms with Crippen LogP contribution >= 0.6 is 22.9 Å². The molecule has 0 N–H and O–H groups in total. The Kier molecular flexibility index (Phi) is 5.87. The van der Waals surface area contributed by atoms with Crippen LogP contribution in [0.1, 0.15) is 12.0 Å². The van der Waals surface area contributed by atoms with Crippen LogP contribution in [-0.2, 0) is 16.4 Å². The molecule has 0 aliphatic carbocycles. The second-order valence-corrected chi connectivity index (χ2v) is 10.1. The van der Waals surface area contributed by atoms with Crippen LogP contribution in [0, 0.1) is 12.0 Å². The molecule has 0 bridgehead atoms. The fraction of sp³-hybridized carbons (Fsp3) is 0.250. The Morgan fingerprint density at radius 3 is 2.83 bits per heavy atom. The van der Waals surface area contributed by atoms with Gasteiger partial charge < -0.3 is 4.74 Å². The number of nitrogens with zero attached hydrogens (tertiary/aromatic N) is 2. The van der Waals surface area contributed by atoms with Crippen molar-refractivity contribution < 1.29 is 17.5 Å². The highest BCUT2D eigenvalue weighted by atomic mass is 35.5. The van der Waals surface area contributed by atoms with E-state index in [2.05, 4.69) is 28.2 Å². The van der Waals surface area contributed by atoms with E-state index < -0.39 is 20.5 Å². The standard InChI is InChI=1S/C20H17ClFN2O3S2/c21-16-10-19(29(25,26)20-23-7-9-28-20)17(22)11-18(16)27-15-6-8-24(13-15)12-14-4-2-1-3-5-14/h1-5,9-11,15H,6,8,12-13H2/t15-/m0/s1. The van der Waals surface area contributed by atoms with Crippen molar-refractivity contribution in [2.24, 2.45) is 0 Å². The van der Waals surface area contributed by atoms with E-state index in [0.717, 1.165) is 43.0 Å². The van der Waals surface area contributed by atoms with Crippen LogP contribution in [0.3, 0.4) is 0 Å². The Hall–Kier alpha value is -2.00. The number of aromatic nitrogens is 1. The van der Waals surface area contributed by atoms with Crippen molar-refractivity contribution in [1.29, 1.82) is 0 Å². The number of hydrogen-bond acceptors (Lipinski definition) is 6. The zero-order valence-corrected chi connectivity index (χ0v) is 17.6. The molecule has 2 heterocycles. The molecule has 1 aliphatic rings. The minimum absolute atomic E-state index is 0.0482. The summed E-state index contributed by atoms with van der Waals surface area (Å²) in [7, 11) is -4.08. The number of sulfone groups is 1. The van der Waals surface area contributed by atoms with Gasteiger partial charge in [-0.05, 0) is 18.1 Å². The third kappa shape index (κ3) is 4.45. The molecule has 5 nitrogen and oxygen atoms in total. The molecule has 0 unspecified atom stereocenters. The zero-order valence-electron chi connectivity index (χ0n) is 15.2. The highest BCUT2D eigenvalue weighted by Crippen LogP contribution is 2.34. The van der Waals surface area contributed by atoms with Crippen LogP contribution in [0.4, 0.5) is 4.39 Å². The maximum Gasteiger partial charge on any atom is 0.236 e. The third-order valence-corrected chi connectivity index (χ3v) is 7.85. The van der Waals surface area contributed by atoms with Crippen LogP contribution in [0.25, 0.3) is 0 Å². The lowest BCUT2D eigenvalue weighted by Gasteiger charge is -2.18. The molecule has 3 aromatic rings. The normalized spacial score (nSPS) is 17.5. The second kappa shape index (κ2) is 8.39. The van der Waals surface area contributed by atoms with Gasteiger partial charge in [0.1, 0.15) is 28.8 Å². The van der Waals surface area contributed by atoms with E-state index in [1.807, 2.05) is 18.2 Å². The summed E-state index contributed by atoms with van der Waals surface area (Å²) >= 11 is 7.09. The monoisotopic (exact) mass is 451 g/mol. The van der Waals surface area contributed by atoms with Gasteiger partial charge in [-0.1, -0.05) is 41.9 Å². The highest BCUT2D eigenvalue weighted by molar-refractivity contribution is 7.93. The minimum Gasteiger partial charge on any atom is -0.487 e. The number of rotatable bonds is 6. The Labute approximate surface area is 177 Å². The smallest absolute Gasteiger partial charge is 0.236 e. The molecule has 1 radical (unpaired) electrons. The van der Waals surface area contributed by atoms with Gasteiger partial charge in [-0.15, -0.1) is 11.3 Å². The van der Waals surface area contributed by atoms with Gasteiger partial charge in [-0.3, -0.25) is 4.90 Å². The Bertz CT molecular complexity index is 1090. The predicted molar refractivity (Wildman–Crippen MR) is 109 cm³/mol. The van der Waals surface area contributed by atoms with Crippen molar-refractivity contribution in [3.63, 3.8) is 0 Å². The lowest BCUT2D eigenvalue weighted by atomic mass is 10.2. The molecule has 0 saturated carbocycles. The van der Waals surface area contributed by atoms with Crippen LogP contribution < -0.4 is 4.74 Å². The number of hydrogen-bond donors (Lipinski definition) is 0. The number of halogens is 2. The molecule has 1 fully saturated rings. The van der Waals surface area contributed by atoms with Crippen LogP contribution in [-0.4, -0.2) is 37.5 Å². The van der Waals surface area contributed by atoms with Gasteiger partial charge in [0.15, 0.2) is 0 Å². The average molecular weight is 452 g/mol. The molecule has 0 amide bonds. The molecular formula is C20H17ClFN2O3S2. The quantitative estimate of drug-likeness (QED) is 0.561. The summed E-state index contributed by atoms with van der Waals surface area (Å²) < 4.78 is 45.3. The molecule has 4 rings (SSSR count). The molecular weight excluding hydrogens is 435 g/mol. The van der Waals surface area contributed by atoms with E-state index in [0.29, 0.717) is 6.54 Å². The van der Waals surface area contributed by atoms with E-state index in [-0.39, 0.29) is 21.2 Å². The van der Waals surface area contributed by atoms with E-state index in [4.69, 9.17) is 16.3 Å². The summed E-state index contributed by atoms with van der Waals surface area (Å²) in [5.41, 5.74) is 1.21. The van der Waals surface area contributed by atoms with Gasteiger partial charge in [0.25, 0.3) is 0 Å². The fourth-order valence-corrected chi connectivity index (χ4v) is 5.72. The molecule has 151 valence electrons. The number of likely N-dealkylation sites (tertiary alicyclic amines) is 1. The van der Waals surface area contributed by atoms with Crippen molar-refractivity contribution >= 4 is 32.8 Å². The largest absolute Gasteiger partial charge is 0.487 e. The second-order valence-electron chi connectivity index (χ2n) is 6.71. The van der Waals surface area contributed by atoms with Gasteiger partial charge in [0, 0.05) is 31.1 Å². The molecule has 1 aliphatic heterocycles. The van der Waals surface area contributed by atoms with Crippen molar-refractivity contribution in [3.8, 4) is 5.75 Å². The molecule has 0 spiro atoms. The van der Waals surface area contributed by atoms with Crippen LogP contribution in [0.2, 0.25) is 5.02 Å². The first-order valence-corrected chi connectivity index (χ1v) is 11.7. The van der Waals surface area contributed by atoms with E-state index in [1.165, 1.54) is 10.9 Å². The summed E-state index contributed by atoms with van der Waals surface area (Å²) in [6.07, 6.45) is 3.06. The van der Waals surface area contributed by atoms with Crippen molar-refractivity contribution in [1.82, 2.24) is 9.88 Å². The van der Waals surface area contributed by atoms with Crippen LogP contribution in [0.5, 0.6) is 5.75 Å². The molecule has 1 aromatic heterocycles. The molecule has 1 atom stereocenters. The lowest BCUT2D eigenvalue weighted by molar-refractivity contribution is 0.197. The van der Waals surface area contributed by atoms with E-state index in [9.17, 15) is 12.8 Å². The topological polar surface area (TPSA) is 59.5 Å². The third-order valence-electron chi connectivity index (χ3n) is 4.65. The first-order chi connectivity index (χ1) is 13.9. The van der Waals surface area contributed by atoms with Crippen molar-refractivity contribution in [3.05, 3.63) is 70.4 Å². The first-order valence-electron chi connectivity index (χ1n) is 8.92. The maximum atomic E-state index is 14.6. The number of thiazole rings is 1. The van der Waals surface area contributed by atoms with Crippen molar-refractivity contribution in [2.45, 2.75) is 28.3 Å². The summed E-state index contributed by atoms with van der Waals surface area (Å²) in [5.74, 6) is -0.779. The van der Waals surface area contributed by atoms with Gasteiger partial charge >= 0.3 is 0 Å². The fourth-order valence-electron chi connectivity index (χ4n) is 3.26. The summed E-state index contributed by atoms with van der Waals surface area (Å²) in [6.45, 7) is 2.35. The van der Waals surface area contributed by atoms with Gasteiger partial charge in [0.2, 0.25) is 14.2 Å². The van der Waals surface area contributed by atoms with Gasteiger partial charge in [-0.2, -0.15) is 0 Å². The zero-order chi connectivity index (χ0) is 20.4. The number of ether oxygens (including phenoxy) is 1. The SMILES string of the molecule is O=S(=O)(c1n[c]cs1)c1cc(Cl)c(O[C@H]2CCN(Cc3ccccc3)C2)cc1F. The molecule has 2 aromatic carbocycles. The summed E-state index contributed by atoms with van der Waals surface area (Å²) in [6, 6.07) is 12.2. The van der Waals surface area contributed by atoms with E-state index in [1.54, 1.807) is 0 Å². The molecule has 9 heteroatoms. The summed E-state index contributed by atoms with van der Waals surface area (Å²) in [5, 5.41) is 1.44. The minimum atomic E-state index is -4.08. The highest BCUT2D eigenvalue weighted by Gasteiger charge is 2.28. The van der Waals surface area contributed by atoms with Gasteiger partial charge in [0.05, 0.1) is 5.02 Å². The predicted octanol–water partition coefficient (Wildman–Crippen LogP) is 4.22. The van der Waals surface area contributed by atoms with Gasteiger partial charge in [-0.25, -0.2) is 17.8 Å². The average Bonchev–Trinajstić information content (AvgIpc) is 3.38. The first kappa shape index (κ1) is 20.3. The summed E-state index contributed by atoms with van der Waals surface area (Å²) in [4.78, 5) is 5.38. The van der Waals surface area contributed by atoms with Crippen LogP contribution in [0.15, 0.2) is 57.1 Å². The number of benzene rings is 2. The molecule has 29 heavy (non-hydrogen) atoms. The molecule has 1 saturated heterocycles. The lowest BCUT2D eigenvalue weighted by Crippen LogP contribution is -2.24. The maximum absolute atomic E-state index is 14.6. The van der Waals surface area contributed by atoms with Crippen molar-refractivity contribution in [2.75, 3.05) is 13.1 Å².